The first kappa shape index (κ1) is 14.6. The van der Waals surface area contributed by atoms with Crippen LogP contribution in [0, 0.1) is 5.92 Å². The van der Waals surface area contributed by atoms with E-state index in [1.54, 1.807) is 7.11 Å². The Hall–Kier alpha value is -2.29. The lowest BCUT2D eigenvalue weighted by Crippen LogP contribution is -1.99. The molecule has 0 aliphatic rings. The molecular weight excluding hydrogens is 272 g/mol. The molecule has 2 aromatic heterocycles. The number of methoxy groups -OCH3 is 1. The molecule has 3 rings (SSSR count). The van der Waals surface area contributed by atoms with Crippen LogP contribution in [0.15, 0.2) is 48.8 Å². The van der Waals surface area contributed by atoms with Gasteiger partial charge in [0.2, 0.25) is 0 Å². The predicted octanol–water partition coefficient (Wildman–Crippen LogP) is 4.29. The molecular formula is C19H22N2O. The first-order valence-electron chi connectivity index (χ1n) is 7.73. The second-order valence-corrected chi connectivity index (χ2v) is 6.10. The Labute approximate surface area is 131 Å². The lowest BCUT2D eigenvalue weighted by atomic mass is 10.0. The number of ether oxygens (including phenoxy) is 1. The number of nitrogens with zero attached hydrogens (tertiary/aromatic N) is 2. The fourth-order valence-corrected chi connectivity index (χ4v) is 2.85. The smallest absolute Gasteiger partial charge is 0.140 e. The number of hydrogen-bond acceptors (Lipinski definition) is 2. The topological polar surface area (TPSA) is 27.1 Å². The summed E-state index contributed by atoms with van der Waals surface area (Å²) in [5.41, 5.74) is 3.69. The summed E-state index contributed by atoms with van der Waals surface area (Å²) in [5.74, 6) is 1.53. The zero-order chi connectivity index (χ0) is 15.5. The number of aromatic nitrogens is 2. The average molecular weight is 294 g/mol. The molecule has 0 saturated carbocycles. The van der Waals surface area contributed by atoms with Crippen molar-refractivity contribution in [2.75, 3.05) is 7.11 Å². The summed E-state index contributed by atoms with van der Waals surface area (Å²) in [6.45, 7) is 5.33. The predicted molar refractivity (Wildman–Crippen MR) is 90.4 cm³/mol. The Morgan fingerprint density at radius 3 is 2.59 bits per heavy atom. The highest BCUT2D eigenvalue weighted by Crippen LogP contribution is 2.23. The quantitative estimate of drug-likeness (QED) is 0.702. The zero-order valence-corrected chi connectivity index (χ0v) is 13.4. The van der Waals surface area contributed by atoms with Crippen molar-refractivity contribution in [3.8, 4) is 5.75 Å². The van der Waals surface area contributed by atoms with E-state index in [9.17, 15) is 0 Å². The summed E-state index contributed by atoms with van der Waals surface area (Å²) < 4.78 is 7.46. The molecule has 3 aromatic rings. The number of fused-ring (bicyclic) bond motifs is 1. The Bertz CT molecular complexity index is 757. The van der Waals surface area contributed by atoms with Crippen LogP contribution >= 0.6 is 0 Å². The standard InChI is InChI=1S/C19H22N2O/c1-14(2)11-16-13-21(19-18(16)5-4-10-20-19)12-15-6-8-17(22-3)9-7-15/h4-10,13-14H,11-12H2,1-3H3. The van der Waals surface area contributed by atoms with Crippen LogP contribution in [0.1, 0.15) is 25.0 Å². The zero-order valence-electron chi connectivity index (χ0n) is 13.4. The van der Waals surface area contributed by atoms with Crippen molar-refractivity contribution in [1.82, 2.24) is 9.55 Å². The highest BCUT2D eigenvalue weighted by molar-refractivity contribution is 5.80. The second kappa shape index (κ2) is 6.22. The van der Waals surface area contributed by atoms with Crippen molar-refractivity contribution in [3.05, 3.63) is 59.9 Å². The van der Waals surface area contributed by atoms with Crippen molar-refractivity contribution in [2.24, 2.45) is 5.92 Å². The molecule has 0 bridgehead atoms. The maximum atomic E-state index is 5.22. The van der Waals surface area contributed by atoms with E-state index >= 15 is 0 Å². The van der Waals surface area contributed by atoms with Gasteiger partial charge in [-0.3, -0.25) is 0 Å². The number of pyridine rings is 1. The van der Waals surface area contributed by atoms with Crippen LogP contribution in [0.25, 0.3) is 11.0 Å². The van der Waals surface area contributed by atoms with Gasteiger partial charge in [-0.25, -0.2) is 4.98 Å². The van der Waals surface area contributed by atoms with E-state index in [-0.39, 0.29) is 0 Å². The maximum absolute atomic E-state index is 5.22. The first-order valence-corrected chi connectivity index (χ1v) is 7.73. The van der Waals surface area contributed by atoms with Gasteiger partial charge in [-0.15, -0.1) is 0 Å². The molecule has 2 heterocycles. The van der Waals surface area contributed by atoms with Gasteiger partial charge in [-0.1, -0.05) is 26.0 Å². The molecule has 0 atom stereocenters. The van der Waals surface area contributed by atoms with Crippen LogP contribution in [0.2, 0.25) is 0 Å². The Kier molecular flexibility index (Phi) is 4.14. The molecule has 3 nitrogen and oxygen atoms in total. The third-order valence-electron chi connectivity index (χ3n) is 3.86. The maximum Gasteiger partial charge on any atom is 0.140 e. The van der Waals surface area contributed by atoms with Gasteiger partial charge in [0, 0.05) is 24.3 Å². The van der Waals surface area contributed by atoms with Gasteiger partial charge in [0.15, 0.2) is 0 Å². The molecule has 0 aliphatic heterocycles. The minimum absolute atomic E-state index is 0.639. The largest absolute Gasteiger partial charge is 0.497 e. The normalized spacial score (nSPS) is 11.3. The Morgan fingerprint density at radius 2 is 1.91 bits per heavy atom. The molecule has 114 valence electrons. The van der Waals surface area contributed by atoms with Crippen LogP contribution in [-0.2, 0) is 13.0 Å². The van der Waals surface area contributed by atoms with E-state index in [4.69, 9.17) is 4.74 Å². The molecule has 1 aromatic carbocycles. The van der Waals surface area contributed by atoms with Gasteiger partial charge in [0.05, 0.1) is 7.11 Å². The monoisotopic (exact) mass is 294 g/mol. The van der Waals surface area contributed by atoms with Crippen molar-refractivity contribution in [3.63, 3.8) is 0 Å². The summed E-state index contributed by atoms with van der Waals surface area (Å²) in [4.78, 5) is 4.58. The van der Waals surface area contributed by atoms with Crippen LogP contribution in [0.3, 0.4) is 0 Å². The SMILES string of the molecule is COc1ccc(Cn2cc(CC(C)C)c3cccnc32)cc1. The number of rotatable bonds is 5. The van der Waals surface area contributed by atoms with Crippen LogP contribution in [0.4, 0.5) is 0 Å². The van der Waals surface area contributed by atoms with Crippen molar-refractivity contribution >= 4 is 11.0 Å². The van der Waals surface area contributed by atoms with Crippen LogP contribution in [-0.4, -0.2) is 16.7 Å². The fraction of sp³-hybridized carbons (Fsp3) is 0.316. The molecule has 0 saturated heterocycles. The van der Waals surface area contributed by atoms with E-state index in [1.807, 2.05) is 24.4 Å². The van der Waals surface area contributed by atoms with Crippen molar-refractivity contribution < 1.29 is 4.74 Å². The molecule has 3 heteroatoms. The van der Waals surface area contributed by atoms with Gasteiger partial charge >= 0.3 is 0 Å². The second-order valence-electron chi connectivity index (χ2n) is 6.10. The third-order valence-corrected chi connectivity index (χ3v) is 3.86. The molecule has 0 radical (unpaired) electrons. The van der Waals surface area contributed by atoms with Gasteiger partial charge < -0.3 is 9.30 Å². The molecule has 0 fully saturated rings. The highest BCUT2D eigenvalue weighted by atomic mass is 16.5. The van der Waals surface area contributed by atoms with Gasteiger partial charge in [0.1, 0.15) is 11.4 Å². The van der Waals surface area contributed by atoms with E-state index < -0.39 is 0 Å². The minimum Gasteiger partial charge on any atom is -0.497 e. The first-order chi connectivity index (χ1) is 10.7. The van der Waals surface area contributed by atoms with Crippen molar-refractivity contribution in [2.45, 2.75) is 26.8 Å². The Balaban J connectivity index is 1.95. The van der Waals surface area contributed by atoms with E-state index in [0.717, 1.165) is 24.4 Å². The number of hydrogen-bond donors (Lipinski definition) is 0. The highest BCUT2D eigenvalue weighted by Gasteiger charge is 2.10. The summed E-state index contributed by atoms with van der Waals surface area (Å²) in [7, 11) is 1.69. The summed E-state index contributed by atoms with van der Waals surface area (Å²) in [6.07, 6.45) is 5.20. The van der Waals surface area contributed by atoms with Crippen LogP contribution in [0.5, 0.6) is 5.75 Å². The lowest BCUT2D eigenvalue weighted by Gasteiger charge is -2.06. The average Bonchev–Trinajstić information content (AvgIpc) is 2.86. The third kappa shape index (κ3) is 2.98. The van der Waals surface area contributed by atoms with Crippen LogP contribution < -0.4 is 4.74 Å². The van der Waals surface area contributed by atoms with Gasteiger partial charge in [-0.05, 0) is 47.7 Å². The number of benzene rings is 1. The van der Waals surface area contributed by atoms with E-state index in [2.05, 4.69) is 47.8 Å². The van der Waals surface area contributed by atoms with Crippen molar-refractivity contribution in [1.29, 1.82) is 0 Å². The summed E-state index contributed by atoms with van der Waals surface area (Å²) >= 11 is 0. The minimum atomic E-state index is 0.639. The van der Waals surface area contributed by atoms with Gasteiger partial charge in [-0.2, -0.15) is 0 Å². The molecule has 0 spiro atoms. The molecule has 0 aliphatic carbocycles. The molecule has 0 unspecified atom stereocenters. The molecule has 0 amide bonds. The van der Waals surface area contributed by atoms with Gasteiger partial charge in [0.25, 0.3) is 0 Å². The van der Waals surface area contributed by atoms with E-state index in [0.29, 0.717) is 5.92 Å². The summed E-state index contributed by atoms with van der Waals surface area (Å²) in [6, 6.07) is 12.4. The molecule has 0 N–H and O–H groups in total. The van der Waals surface area contributed by atoms with E-state index in [1.165, 1.54) is 16.5 Å². The Morgan fingerprint density at radius 1 is 1.14 bits per heavy atom. The fourth-order valence-electron chi connectivity index (χ4n) is 2.85. The lowest BCUT2D eigenvalue weighted by molar-refractivity contribution is 0.414. The summed E-state index contributed by atoms with van der Waals surface area (Å²) in [5, 5.41) is 1.27. The molecule has 22 heavy (non-hydrogen) atoms.